The number of nitriles is 1. The molecule has 0 saturated heterocycles. The van der Waals surface area contributed by atoms with Gasteiger partial charge in [-0.3, -0.25) is 9.97 Å². The molecule has 0 saturated carbocycles. The van der Waals surface area contributed by atoms with Crippen molar-refractivity contribution < 1.29 is 9.53 Å². The number of pyridine rings is 2. The number of halogens is 1. The standard InChI is InChI=1S/C26H24ClN5O.C6H13NO/c1-3-5-18-10-24-21(12-23(18)29-2)26(19(13-28)15-31-24)32-20-7-8-25(22(27)11-20)33-16-17-6-4-9-30-14-17;1-7(2)5-3-4-6-8/h4,6-12,14-15,29H,3,5,16H2,1-2H3,(H,31,32);6H,3-5H2,1-2H3. The first-order valence-corrected chi connectivity index (χ1v) is 14.0. The van der Waals surface area contributed by atoms with Gasteiger partial charge in [-0.2, -0.15) is 5.26 Å². The second-order valence-electron chi connectivity index (χ2n) is 9.72. The molecule has 2 heterocycles. The first kappa shape index (κ1) is 31.3. The Morgan fingerprint density at radius 1 is 1.17 bits per heavy atom. The van der Waals surface area contributed by atoms with Gasteiger partial charge in [-0.1, -0.05) is 31.0 Å². The van der Waals surface area contributed by atoms with Crippen LogP contribution in [0.1, 0.15) is 42.9 Å². The summed E-state index contributed by atoms with van der Waals surface area (Å²) in [6.45, 7) is 3.54. The van der Waals surface area contributed by atoms with Crippen LogP contribution in [0.2, 0.25) is 5.02 Å². The minimum absolute atomic E-state index is 0.376. The summed E-state index contributed by atoms with van der Waals surface area (Å²) in [5, 5.41) is 17.7. The maximum Gasteiger partial charge on any atom is 0.138 e. The molecule has 2 aromatic heterocycles. The van der Waals surface area contributed by atoms with E-state index in [4.69, 9.17) is 16.3 Å². The number of rotatable bonds is 12. The number of aryl methyl sites for hydroxylation is 1. The molecule has 0 aliphatic heterocycles. The number of aldehydes is 1. The highest BCUT2D eigenvalue weighted by atomic mass is 35.5. The van der Waals surface area contributed by atoms with Crippen molar-refractivity contribution in [2.75, 3.05) is 38.3 Å². The van der Waals surface area contributed by atoms with Crippen molar-refractivity contribution in [1.29, 1.82) is 5.26 Å². The Labute approximate surface area is 247 Å². The van der Waals surface area contributed by atoms with Crippen molar-refractivity contribution in [1.82, 2.24) is 14.9 Å². The average molecular weight is 573 g/mol. The summed E-state index contributed by atoms with van der Waals surface area (Å²) in [6.07, 6.45) is 9.71. The number of unbranched alkanes of at least 4 members (excludes halogenated alkanes) is 1. The van der Waals surface area contributed by atoms with Gasteiger partial charge >= 0.3 is 0 Å². The molecule has 0 aliphatic carbocycles. The molecule has 41 heavy (non-hydrogen) atoms. The summed E-state index contributed by atoms with van der Waals surface area (Å²) >= 11 is 6.49. The van der Waals surface area contributed by atoms with E-state index in [0.717, 1.165) is 59.9 Å². The van der Waals surface area contributed by atoms with E-state index in [9.17, 15) is 10.1 Å². The molecule has 0 spiro atoms. The third-order valence-electron chi connectivity index (χ3n) is 6.25. The van der Waals surface area contributed by atoms with E-state index in [-0.39, 0.29) is 0 Å². The molecule has 214 valence electrons. The molecular weight excluding hydrogens is 536 g/mol. The molecule has 4 rings (SSSR count). The molecule has 2 aromatic carbocycles. The zero-order valence-corrected chi connectivity index (χ0v) is 24.8. The monoisotopic (exact) mass is 572 g/mol. The minimum Gasteiger partial charge on any atom is -0.487 e. The Morgan fingerprint density at radius 2 is 2.00 bits per heavy atom. The molecule has 0 atom stereocenters. The van der Waals surface area contributed by atoms with Crippen molar-refractivity contribution in [2.45, 2.75) is 39.2 Å². The highest BCUT2D eigenvalue weighted by Crippen LogP contribution is 2.35. The van der Waals surface area contributed by atoms with Crippen LogP contribution >= 0.6 is 11.6 Å². The van der Waals surface area contributed by atoms with Gasteiger partial charge in [-0.05, 0) is 75.4 Å². The first-order chi connectivity index (χ1) is 19.9. The smallest absolute Gasteiger partial charge is 0.138 e. The molecule has 8 nitrogen and oxygen atoms in total. The van der Waals surface area contributed by atoms with Gasteiger partial charge in [-0.25, -0.2) is 0 Å². The molecule has 9 heteroatoms. The number of hydrogen-bond donors (Lipinski definition) is 2. The van der Waals surface area contributed by atoms with E-state index in [1.165, 1.54) is 5.56 Å². The quantitative estimate of drug-likeness (QED) is 0.138. The second-order valence-corrected chi connectivity index (χ2v) is 10.1. The summed E-state index contributed by atoms with van der Waals surface area (Å²) in [6, 6.07) is 15.7. The summed E-state index contributed by atoms with van der Waals surface area (Å²) in [7, 11) is 5.91. The van der Waals surface area contributed by atoms with Crippen molar-refractivity contribution in [2.24, 2.45) is 0 Å². The predicted octanol–water partition coefficient (Wildman–Crippen LogP) is 7.00. The Kier molecular flexibility index (Phi) is 12.4. The van der Waals surface area contributed by atoms with Gasteiger partial charge in [0, 0.05) is 54.4 Å². The fourth-order valence-corrected chi connectivity index (χ4v) is 4.42. The summed E-state index contributed by atoms with van der Waals surface area (Å²) < 4.78 is 5.84. The molecule has 0 unspecified atom stereocenters. The number of carbonyl (C=O) groups excluding carboxylic acids is 1. The number of carbonyl (C=O) groups is 1. The van der Waals surface area contributed by atoms with Crippen molar-refractivity contribution in [3.8, 4) is 11.8 Å². The van der Waals surface area contributed by atoms with Gasteiger partial charge < -0.3 is 25.1 Å². The van der Waals surface area contributed by atoms with Gasteiger partial charge in [0.15, 0.2) is 0 Å². The maximum atomic E-state index is 9.77. The average Bonchev–Trinajstić information content (AvgIpc) is 2.97. The lowest BCUT2D eigenvalue weighted by molar-refractivity contribution is -0.107. The number of benzene rings is 2. The summed E-state index contributed by atoms with van der Waals surface area (Å²) in [4.78, 5) is 20.4. The Hall–Kier alpha value is -4.19. The SMILES string of the molecule is CCCc1cc2ncc(C#N)c(Nc3ccc(OCc4cccnc4)c(Cl)c3)c2cc1NC.CN(C)CCCC=O. The Morgan fingerprint density at radius 3 is 2.63 bits per heavy atom. The van der Waals surface area contributed by atoms with Gasteiger partial charge in [0.25, 0.3) is 0 Å². The van der Waals surface area contributed by atoms with Crippen LogP contribution in [-0.2, 0) is 17.8 Å². The predicted molar refractivity (Wildman–Crippen MR) is 167 cm³/mol. The van der Waals surface area contributed by atoms with Crippen LogP contribution in [-0.4, -0.2) is 48.8 Å². The van der Waals surface area contributed by atoms with Crippen LogP contribution in [0.4, 0.5) is 17.1 Å². The van der Waals surface area contributed by atoms with Crippen LogP contribution in [0.25, 0.3) is 10.9 Å². The molecule has 2 N–H and O–H groups in total. The highest BCUT2D eigenvalue weighted by Gasteiger charge is 2.14. The first-order valence-electron chi connectivity index (χ1n) is 13.6. The van der Waals surface area contributed by atoms with Crippen LogP contribution in [0.5, 0.6) is 5.75 Å². The lowest BCUT2D eigenvalue weighted by Crippen LogP contribution is -2.12. The number of fused-ring (bicyclic) bond motifs is 1. The van der Waals surface area contributed by atoms with Gasteiger partial charge in [0.05, 0.1) is 21.8 Å². The molecule has 0 amide bonds. The fraction of sp³-hybridized carbons (Fsp3) is 0.312. The molecule has 0 aliphatic rings. The second kappa shape index (κ2) is 16.2. The lowest BCUT2D eigenvalue weighted by Gasteiger charge is -2.16. The fourth-order valence-electron chi connectivity index (χ4n) is 4.19. The highest BCUT2D eigenvalue weighted by molar-refractivity contribution is 6.32. The summed E-state index contributed by atoms with van der Waals surface area (Å²) in [5.41, 5.74) is 5.93. The molecule has 4 aromatic rings. The normalized spacial score (nSPS) is 10.5. The number of nitrogens with one attached hydrogen (secondary N) is 2. The topological polar surface area (TPSA) is 103 Å². The van der Waals surface area contributed by atoms with Gasteiger partial charge in [0.1, 0.15) is 24.7 Å². The maximum absolute atomic E-state index is 9.77. The van der Waals surface area contributed by atoms with E-state index in [1.807, 2.05) is 51.5 Å². The van der Waals surface area contributed by atoms with E-state index in [0.29, 0.717) is 35.1 Å². The van der Waals surface area contributed by atoms with Gasteiger partial charge in [0.2, 0.25) is 0 Å². The van der Waals surface area contributed by atoms with Crippen LogP contribution in [0, 0.1) is 11.3 Å². The number of ether oxygens (including phenoxy) is 1. The van der Waals surface area contributed by atoms with Crippen LogP contribution in [0.15, 0.2) is 61.1 Å². The van der Waals surface area contributed by atoms with Crippen molar-refractivity contribution in [3.63, 3.8) is 0 Å². The summed E-state index contributed by atoms with van der Waals surface area (Å²) in [5.74, 6) is 0.577. The zero-order valence-electron chi connectivity index (χ0n) is 24.1. The Balaban J connectivity index is 0.000000507. The van der Waals surface area contributed by atoms with Crippen LogP contribution < -0.4 is 15.4 Å². The number of aromatic nitrogens is 2. The third kappa shape index (κ3) is 9.17. The van der Waals surface area contributed by atoms with E-state index >= 15 is 0 Å². The van der Waals surface area contributed by atoms with Crippen molar-refractivity contribution >= 4 is 45.9 Å². The molecule has 0 fully saturated rings. The largest absolute Gasteiger partial charge is 0.487 e. The molecular formula is C32H37ClN6O2. The number of anilines is 3. The third-order valence-corrected chi connectivity index (χ3v) is 6.54. The van der Waals surface area contributed by atoms with Crippen molar-refractivity contribution in [3.05, 3.63) is 82.8 Å². The minimum atomic E-state index is 0.376. The molecule has 0 radical (unpaired) electrons. The van der Waals surface area contributed by atoms with E-state index in [1.54, 1.807) is 24.7 Å². The van der Waals surface area contributed by atoms with E-state index in [2.05, 4.69) is 44.6 Å². The molecule has 0 bridgehead atoms. The van der Waals surface area contributed by atoms with E-state index < -0.39 is 0 Å². The van der Waals surface area contributed by atoms with Crippen LogP contribution in [0.3, 0.4) is 0 Å². The van der Waals surface area contributed by atoms with Gasteiger partial charge in [-0.15, -0.1) is 0 Å². The zero-order chi connectivity index (χ0) is 29.6. The Bertz CT molecular complexity index is 1470. The number of hydrogen-bond acceptors (Lipinski definition) is 8. The number of nitrogens with zero attached hydrogens (tertiary/aromatic N) is 4. The lowest BCUT2D eigenvalue weighted by atomic mass is 10.0.